The molecule has 1 aromatic rings. The third kappa shape index (κ3) is 2.42. The van der Waals surface area contributed by atoms with Gasteiger partial charge >= 0.3 is 0 Å². The second-order valence-corrected chi connectivity index (χ2v) is 4.02. The number of rotatable bonds is 5. The van der Waals surface area contributed by atoms with Crippen LogP contribution in [0.25, 0.3) is 0 Å². The van der Waals surface area contributed by atoms with E-state index in [1.807, 2.05) is 25.1 Å². The molecule has 0 spiro atoms. The molecule has 0 radical (unpaired) electrons. The molecule has 0 aliphatic carbocycles. The predicted molar refractivity (Wildman–Crippen MR) is 64.1 cm³/mol. The fourth-order valence-electron chi connectivity index (χ4n) is 1.86. The Kier molecular flexibility index (Phi) is 3.57. The van der Waals surface area contributed by atoms with Crippen molar-refractivity contribution in [3.8, 4) is 0 Å². The van der Waals surface area contributed by atoms with Crippen LogP contribution >= 0.6 is 0 Å². The first-order valence-corrected chi connectivity index (χ1v) is 5.79. The standard InChI is InChI=1S/C13H17NO2/c1-2-7-16-9-13(15)11-4-3-10-5-6-14-12(10)8-11/h3-4,8,14H,2,5-7,9H2,1H3. The molecule has 1 aliphatic rings. The summed E-state index contributed by atoms with van der Waals surface area (Å²) in [7, 11) is 0. The molecule has 0 unspecified atom stereocenters. The minimum absolute atomic E-state index is 0.0601. The zero-order valence-electron chi connectivity index (χ0n) is 9.58. The van der Waals surface area contributed by atoms with Gasteiger partial charge in [-0.05, 0) is 24.5 Å². The highest BCUT2D eigenvalue weighted by molar-refractivity contribution is 5.98. The second-order valence-electron chi connectivity index (χ2n) is 4.02. The lowest BCUT2D eigenvalue weighted by molar-refractivity contribution is 0.0761. The average Bonchev–Trinajstić information content (AvgIpc) is 2.76. The quantitative estimate of drug-likeness (QED) is 0.610. The highest BCUT2D eigenvalue weighted by Gasteiger charge is 2.13. The fraction of sp³-hybridized carbons (Fsp3) is 0.462. The first-order valence-electron chi connectivity index (χ1n) is 5.79. The lowest BCUT2D eigenvalue weighted by Gasteiger charge is -2.05. The Labute approximate surface area is 95.8 Å². The smallest absolute Gasteiger partial charge is 0.188 e. The molecule has 1 N–H and O–H groups in total. The molecule has 0 aromatic heterocycles. The van der Waals surface area contributed by atoms with Gasteiger partial charge in [0.2, 0.25) is 0 Å². The Morgan fingerprint density at radius 1 is 1.50 bits per heavy atom. The third-order valence-electron chi connectivity index (χ3n) is 2.72. The molecule has 3 heteroatoms. The molecular weight excluding hydrogens is 202 g/mol. The van der Waals surface area contributed by atoms with E-state index in [1.165, 1.54) is 5.56 Å². The van der Waals surface area contributed by atoms with E-state index in [4.69, 9.17) is 4.74 Å². The molecule has 2 rings (SSSR count). The zero-order valence-corrected chi connectivity index (χ0v) is 9.58. The maximum atomic E-state index is 11.8. The van der Waals surface area contributed by atoms with Crippen molar-refractivity contribution in [2.24, 2.45) is 0 Å². The van der Waals surface area contributed by atoms with Crippen LogP contribution in [-0.4, -0.2) is 25.5 Å². The summed E-state index contributed by atoms with van der Waals surface area (Å²) in [5.74, 6) is 0.0601. The maximum absolute atomic E-state index is 11.8. The number of carbonyl (C=O) groups is 1. The lowest BCUT2D eigenvalue weighted by atomic mass is 10.1. The number of ether oxygens (including phenoxy) is 1. The molecule has 0 amide bonds. The SMILES string of the molecule is CCCOCC(=O)c1ccc2c(c1)NCC2. The number of hydrogen-bond donors (Lipinski definition) is 1. The fourth-order valence-corrected chi connectivity index (χ4v) is 1.86. The molecule has 1 aromatic carbocycles. The van der Waals surface area contributed by atoms with Crippen LogP contribution in [0, 0.1) is 0 Å². The Morgan fingerprint density at radius 3 is 3.19 bits per heavy atom. The molecule has 0 fully saturated rings. The van der Waals surface area contributed by atoms with Crippen LogP contribution in [0.1, 0.15) is 29.3 Å². The molecule has 0 atom stereocenters. The van der Waals surface area contributed by atoms with Crippen molar-refractivity contribution in [3.05, 3.63) is 29.3 Å². The van der Waals surface area contributed by atoms with Crippen molar-refractivity contribution in [3.63, 3.8) is 0 Å². The van der Waals surface area contributed by atoms with Gasteiger partial charge in [0.25, 0.3) is 0 Å². The van der Waals surface area contributed by atoms with Crippen molar-refractivity contribution in [2.75, 3.05) is 25.1 Å². The molecule has 0 saturated heterocycles. The molecule has 86 valence electrons. The number of nitrogens with one attached hydrogen (secondary N) is 1. The Morgan fingerprint density at radius 2 is 2.38 bits per heavy atom. The predicted octanol–water partition coefficient (Wildman–Crippen LogP) is 2.26. The summed E-state index contributed by atoms with van der Waals surface area (Å²) < 4.78 is 5.25. The van der Waals surface area contributed by atoms with Gasteiger partial charge in [0.05, 0.1) is 0 Å². The topological polar surface area (TPSA) is 38.3 Å². The van der Waals surface area contributed by atoms with Crippen molar-refractivity contribution in [2.45, 2.75) is 19.8 Å². The van der Waals surface area contributed by atoms with Crippen LogP contribution in [0.5, 0.6) is 0 Å². The molecule has 1 heterocycles. The Bertz CT molecular complexity index is 388. The zero-order chi connectivity index (χ0) is 11.4. The monoisotopic (exact) mass is 219 g/mol. The Hall–Kier alpha value is -1.35. The minimum Gasteiger partial charge on any atom is -0.384 e. The van der Waals surface area contributed by atoms with Gasteiger partial charge in [-0.3, -0.25) is 4.79 Å². The minimum atomic E-state index is 0.0601. The number of anilines is 1. The van der Waals surface area contributed by atoms with Gasteiger partial charge in [0.15, 0.2) is 5.78 Å². The van der Waals surface area contributed by atoms with Crippen molar-refractivity contribution in [1.29, 1.82) is 0 Å². The molecule has 0 saturated carbocycles. The van der Waals surface area contributed by atoms with E-state index in [-0.39, 0.29) is 12.4 Å². The van der Waals surface area contributed by atoms with Crippen molar-refractivity contribution >= 4 is 11.5 Å². The van der Waals surface area contributed by atoms with Gasteiger partial charge in [-0.1, -0.05) is 19.1 Å². The highest BCUT2D eigenvalue weighted by atomic mass is 16.5. The lowest BCUT2D eigenvalue weighted by Crippen LogP contribution is -2.09. The summed E-state index contributed by atoms with van der Waals surface area (Å²) in [5, 5.41) is 3.27. The summed E-state index contributed by atoms with van der Waals surface area (Å²) in [6.07, 6.45) is 2.00. The van der Waals surface area contributed by atoms with E-state index < -0.39 is 0 Å². The van der Waals surface area contributed by atoms with Crippen LogP contribution < -0.4 is 5.32 Å². The van der Waals surface area contributed by atoms with Crippen molar-refractivity contribution in [1.82, 2.24) is 0 Å². The van der Waals surface area contributed by atoms with Crippen LogP contribution in [0.3, 0.4) is 0 Å². The van der Waals surface area contributed by atoms with Crippen LogP contribution in [0.15, 0.2) is 18.2 Å². The van der Waals surface area contributed by atoms with Gasteiger partial charge < -0.3 is 10.1 Å². The summed E-state index contributed by atoms with van der Waals surface area (Å²) in [5.41, 5.74) is 3.14. The largest absolute Gasteiger partial charge is 0.384 e. The van der Waals surface area contributed by atoms with Gasteiger partial charge in [-0.15, -0.1) is 0 Å². The number of benzene rings is 1. The molecule has 3 nitrogen and oxygen atoms in total. The van der Waals surface area contributed by atoms with Crippen LogP contribution in [-0.2, 0) is 11.2 Å². The highest BCUT2D eigenvalue weighted by Crippen LogP contribution is 2.23. The number of carbonyl (C=O) groups excluding carboxylic acids is 1. The van der Waals surface area contributed by atoms with E-state index in [0.29, 0.717) is 6.61 Å². The number of ketones is 1. The Balaban J connectivity index is 2.01. The molecule has 16 heavy (non-hydrogen) atoms. The summed E-state index contributed by atoms with van der Waals surface area (Å²) in [4.78, 5) is 11.8. The third-order valence-corrected chi connectivity index (χ3v) is 2.72. The number of hydrogen-bond acceptors (Lipinski definition) is 3. The normalized spacial score (nSPS) is 13.3. The first kappa shape index (κ1) is 11.1. The van der Waals surface area contributed by atoms with Crippen LogP contribution in [0.2, 0.25) is 0 Å². The maximum Gasteiger partial charge on any atom is 0.188 e. The van der Waals surface area contributed by atoms with E-state index in [1.54, 1.807) is 0 Å². The van der Waals surface area contributed by atoms with Gasteiger partial charge in [-0.25, -0.2) is 0 Å². The number of fused-ring (bicyclic) bond motifs is 1. The second kappa shape index (κ2) is 5.12. The summed E-state index contributed by atoms with van der Waals surface area (Å²) in [6, 6.07) is 5.85. The summed E-state index contributed by atoms with van der Waals surface area (Å²) in [6.45, 7) is 3.84. The number of Topliss-reactive ketones (excluding diaryl/α,β-unsaturated/α-hetero) is 1. The van der Waals surface area contributed by atoms with Gasteiger partial charge in [0, 0.05) is 24.4 Å². The molecular formula is C13H17NO2. The van der Waals surface area contributed by atoms with Crippen molar-refractivity contribution < 1.29 is 9.53 Å². The molecule has 1 aliphatic heterocycles. The van der Waals surface area contributed by atoms with Gasteiger partial charge in [-0.2, -0.15) is 0 Å². The van der Waals surface area contributed by atoms with Crippen LogP contribution in [0.4, 0.5) is 5.69 Å². The average molecular weight is 219 g/mol. The summed E-state index contributed by atoms with van der Waals surface area (Å²) >= 11 is 0. The van der Waals surface area contributed by atoms with E-state index in [0.717, 1.165) is 30.6 Å². The first-order chi connectivity index (χ1) is 7.81. The van der Waals surface area contributed by atoms with E-state index in [2.05, 4.69) is 5.32 Å². The molecule has 0 bridgehead atoms. The van der Waals surface area contributed by atoms with E-state index in [9.17, 15) is 4.79 Å². The van der Waals surface area contributed by atoms with Gasteiger partial charge in [0.1, 0.15) is 6.61 Å². The van der Waals surface area contributed by atoms with E-state index >= 15 is 0 Å².